The van der Waals surface area contributed by atoms with E-state index < -0.39 is 0 Å². The van der Waals surface area contributed by atoms with Crippen LogP contribution in [0.25, 0.3) is 33.7 Å². The van der Waals surface area contributed by atoms with Crippen molar-refractivity contribution in [2.75, 3.05) is 26.2 Å². The number of carbonyl (C=O) groups is 2. The quantitative estimate of drug-likeness (QED) is 0.361. The number of H-pyrrole nitrogens is 1. The van der Waals surface area contributed by atoms with E-state index in [0.29, 0.717) is 49.0 Å². The first-order valence-corrected chi connectivity index (χ1v) is 13.3. The zero-order valence-electron chi connectivity index (χ0n) is 21.3. The normalized spacial score (nSPS) is 18.5. The molecule has 2 atom stereocenters. The number of hydrogen-bond acceptors (Lipinski definition) is 4. The van der Waals surface area contributed by atoms with E-state index >= 15 is 0 Å². The highest BCUT2D eigenvalue weighted by Crippen LogP contribution is 2.33. The van der Waals surface area contributed by atoms with E-state index in [1.54, 1.807) is 6.07 Å². The van der Waals surface area contributed by atoms with Gasteiger partial charge in [0.25, 0.3) is 11.8 Å². The van der Waals surface area contributed by atoms with Crippen molar-refractivity contribution in [2.24, 2.45) is 11.8 Å². The molecule has 192 valence electrons. The molecule has 5 aromatic rings. The van der Waals surface area contributed by atoms with Gasteiger partial charge < -0.3 is 14.8 Å². The predicted octanol–water partition coefficient (Wildman–Crippen LogP) is 5.14. The zero-order chi connectivity index (χ0) is 26.3. The maximum atomic E-state index is 13.4. The van der Waals surface area contributed by atoms with E-state index in [-0.39, 0.29) is 23.7 Å². The molecule has 4 heterocycles. The van der Waals surface area contributed by atoms with Crippen LogP contribution >= 0.6 is 0 Å². The molecule has 0 bridgehead atoms. The van der Waals surface area contributed by atoms with E-state index in [4.69, 9.17) is 0 Å². The third-order valence-corrected chi connectivity index (χ3v) is 7.90. The van der Waals surface area contributed by atoms with Gasteiger partial charge in [-0.15, -0.1) is 0 Å². The lowest BCUT2D eigenvalue weighted by molar-refractivity contribution is 0.0735. The molecule has 2 unspecified atom stereocenters. The van der Waals surface area contributed by atoms with E-state index in [2.05, 4.69) is 27.1 Å². The first-order valence-electron chi connectivity index (χ1n) is 13.3. The highest BCUT2D eigenvalue weighted by Gasteiger charge is 2.43. The molecule has 2 fully saturated rings. The number of hydrogen-bond donors (Lipinski definition) is 1. The Labute approximate surface area is 226 Å². The number of pyridine rings is 1. The highest BCUT2D eigenvalue weighted by molar-refractivity contribution is 5.95. The number of rotatable bonds is 4. The van der Waals surface area contributed by atoms with Gasteiger partial charge in [-0.2, -0.15) is 0 Å². The summed E-state index contributed by atoms with van der Waals surface area (Å²) in [6, 6.07) is 31.3. The number of aromatic amines is 1. The van der Waals surface area contributed by atoms with Crippen molar-refractivity contribution in [2.45, 2.75) is 0 Å². The smallest absolute Gasteiger partial charge is 0.272 e. The number of likely N-dealkylation sites (tertiary alicyclic amines) is 2. The molecular weight excluding hydrogens is 486 g/mol. The first-order chi connectivity index (χ1) is 19.1. The minimum Gasteiger partial charge on any atom is -0.338 e. The number of imidazole rings is 1. The summed E-state index contributed by atoms with van der Waals surface area (Å²) >= 11 is 0. The van der Waals surface area contributed by atoms with Crippen LogP contribution in [-0.4, -0.2) is 62.7 Å². The van der Waals surface area contributed by atoms with Crippen LogP contribution in [0.15, 0.2) is 97.1 Å². The summed E-state index contributed by atoms with van der Waals surface area (Å²) in [6.07, 6.45) is 0. The van der Waals surface area contributed by atoms with Crippen LogP contribution in [0.5, 0.6) is 0 Å². The van der Waals surface area contributed by atoms with Gasteiger partial charge in [-0.1, -0.05) is 60.7 Å². The maximum Gasteiger partial charge on any atom is 0.272 e. The van der Waals surface area contributed by atoms with Gasteiger partial charge in [-0.25, -0.2) is 9.97 Å². The van der Waals surface area contributed by atoms with Crippen LogP contribution in [0.1, 0.15) is 20.8 Å². The van der Waals surface area contributed by atoms with Gasteiger partial charge in [0.15, 0.2) is 5.82 Å². The minimum absolute atomic E-state index is 0.0575. The molecule has 2 amide bonds. The van der Waals surface area contributed by atoms with Crippen molar-refractivity contribution in [1.82, 2.24) is 24.8 Å². The van der Waals surface area contributed by atoms with Gasteiger partial charge in [-0.05, 0) is 47.5 Å². The SMILES string of the molecule is O=C(c1ccc(-c2ccccc2)cc1)N1CC2CN(C(=O)c3cccc(-c4nc5ccccc5[nH]4)n3)CC2C1. The Morgan fingerprint density at radius 1 is 0.641 bits per heavy atom. The summed E-state index contributed by atoms with van der Waals surface area (Å²) in [5.41, 5.74) is 5.79. The Morgan fingerprint density at radius 3 is 2.00 bits per heavy atom. The Morgan fingerprint density at radius 2 is 1.28 bits per heavy atom. The topological polar surface area (TPSA) is 82.2 Å². The van der Waals surface area contributed by atoms with Crippen molar-refractivity contribution >= 4 is 22.8 Å². The van der Waals surface area contributed by atoms with Crippen LogP contribution in [0.3, 0.4) is 0 Å². The standard InChI is InChI=1S/C32H27N5O2/c38-31(23-15-13-22(14-16-23)21-7-2-1-3-8-21)36-17-24-19-37(20-25(24)18-36)32(39)29-12-6-11-28(33-29)30-34-26-9-4-5-10-27(26)35-30/h1-16,24-25H,17-20H2,(H,34,35). The zero-order valence-corrected chi connectivity index (χ0v) is 21.3. The fraction of sp³-hybridized carbons (Fsp3) is 0.188. The van der Waals surface area contributed by atoms with Crippen molar-refractivity contribution in [3.63, 3.8) is 0 Å². The first kappa shape index (κ1) is 23.3. The second-order valence-corrected chi connectivity index (χ2v) is 10.4. The number of fused-ring (bicyclic) bond motifs is 2. The van der Waals surface area contributed by atoms with E-state index in [1.165, 1.54) is 0 Å². The third kappa shape index (κ3) is 4.36. The summed E-state index contributed by atoms with van der Waals surface area (Å²) < 4.78 is 0. The summed E-state index contributed by atoms with van der Waals surface area (Å²) in [5.74, 6) is 1.19. The molecule has 0 saturated carbocycles. The average Bonchev–Trinajstić information content (AvgIpc) is 3.71. The van der Waals surface area contributed by atoms with Gasteiger partial charge in [0.05, 0.1) is 11.0 Å². The van der Waals surface area contributed by atoms with Crippen LogP contribution in [0, 0.1) is 11.8 Å². The van der Waals surface area contributed by atoms with E-state index in [9.17, 15) is 9.59 Å². The molecule has 2 aliphatic heterocycles. The number of nitrogens with one attached hydrogen (secondary N) is 1. The fourth-order valence-electron chi connectivity index (χ4n) is 5.87. The van der Waals surface area contributed by atoms with Crippen LogP contribution < -0.4 is 0 Å². The Balaban J connectivity index is 1.01. The molecule has 3 aromatic carbocycles. The molecule has 7 rings (SSSR count). The molecule has 0 radical (unpaired) electrons. The Bertz CT molecular complexity index is 1630. The molecule has 2 aromatic heterocycles. The molecule has 7 nitrogen and oxygen atoms in total. The number of para-hydroxylation sites is 2. The summed E-state index contributed by atoms with van der Waals surface area (Å²) in [6.45, 7) is 2.61. The fourth-order valence-corrected chi connectivity index (χ4v) is 5.87. The van der Waals surface area contributed by atoms with E-state index in [1.807, 2.05) is 88.7 Å². The van der Waals surface area contributed by atoms with Crippen molar-refractivity contribution in [3.05, 3.63) is 108 Å². The summed E-state index contributed by atoms with van der Waals surface area (Å²) in [4.78, 5) is 43.0. The average molecular weight is 514 g/mol. The number of benzene rings is 3. The third-order valence-electron chi connectivity index (χ3n) is 7.90. The second-order valence-electron chi connectivity index (χ2n) is 10.4. The number of aromatic nitrogens is 3. The molecule has 1 N–H and O–H groups in total. The highest BCUT2D eigenvalue weighted by atomic mass is 16.2. The Hall–Kier alpha value is -4.78. The van der Waals surface area contributed by atoms with Gasteiger partial charge in [-0.3, -0.25) is 9.59 Å². The monoisotopic (exact) mass is 513 g/mol. The number of nitrogens with zero attached hydrogens (tertiary/aromatic N) is 4. The van der Waals surface area contributed by atoms with Gasteiger partial charge >= 0.3 is 0 Å². The molecule has 0 aliphatic carbocycles. The lowest BCUT2D eigenvalue weighted by atomic mass is 10.0. The molecule has 0 spiro atoms. The minimum atomic E-state index is -0.0725. The Kier molecular flexibility index (Phi) is 5.69. The molecule has 7 heteroatoms. The largest absolute Gasteiger partial charge is 0.338 e. The van der Waals surface area contributed by atoms with Crippen molar-refractivity contribution < 1.29 is 9.59 Å². The second kappa shape index (κ2) is 9.51. The van der Waals surface area contributed by atoms with Gasteiger partial charge in [0.1, 0.15) is 11.4 Å². The molecule has 2 saturated heterocycles. The van der Waals surface area contributed by atoms with Crippen LogP contribution in [0.4, 0.5) is 0 Å². The number of amides is 2. The lowest BCUT2D eigenvalue weighted by Crippen LogP contribution is -2.36. The summed E-state index contributed by atoms with van der Waals surface area (Å²) in [5, 5.41) is 0. The van der Waals surface area contributed by atoms with Crippen molar-refractivity contribution in [1.29, 1.82) is 0 Å². The van der Waals surface area contributed by atoms with Gasteiger partial charge in [0.2, 0.25) is 0 Å². The van der Waals surface area contributed by atoms with E-state index in [0.717, 1.165) is 22.2 Å². The molecule has 39 heavy (non-hydrogen) atoms. The van der Waals surface area contributed by atoms with Crippen molar-refractivity contribution in [3.8, 4) is 22.6 Å². The molecular formula is C32H27N5O2. The maximum absolute atomic E-state index is 13.4. The predicted molar refractivity (Wildman–Crippen MR) is 150 cm³/mol. The molecule has 2 aliphatic rings. The number of carbonyl (C=O) groups excluding carboxylic acids is 2. The van der Waals surface area contributed by atoms with Gasteiger partial charge in [0, 0.05) is 43.6 Å². The lowest BCUT2D eigenvalue weighted by Gasteiger charge is -2.22. The summed E-state index contributed by atoms with van der Waals surface area (Å²) in [7, 11) is 0. The van der Waals surface area contributed by atoms with Crippen LogP contribution in [0.2, 0.25) is 0 Å². The van der Waals surface area contributed by atoms with Crippen LogP contribution in [-0.2, 0) is 0 Å².